The topological polar surface area (TPSA) is 156 Å². The minimum absolute atomic E-state index is 0.0127. The number of nitrogens with two attached hydrogens (primary N) is 1. The number of primary amides is 1. The van der Waals surface area contributed by atoms with Gasteiger partial charge in [0.1, 0.15) is 6.04 Å². The maximum absolute atomic E-state index is 12.2. The van der Waals surface area contributed by atoms with Gasteiger partial charge in [-0.25, -0.2) is 13.2 Å². The van der Waals surface area contributed by atoms with Gasteiger partial charge in [-0.2, -0.15) is 4.72 Å². The molecule has 0 bridgehead atoms. The lowest BCUT2D eigenvalue weighted by molar-refractivity contribution is -0.142. The summed E-state index contributed by atoms with van der Waals surface area (Å²) in [5, 5.41) is 11.2. The molecule has 10 heteroatoms. The van der Waals surface area contributed by atoms with Crippen LogP contribution >= 0.6 is 0 Å². The van der Waals surface area contributed by atoms with Crippen LogP contribution in [0.3, 0.4) is 0 Å². The van der Waals surface area contributed by atoms with E-state index < -0.39 is 39.9 Å². The summed E-state index contributed by atoms with van der Waals surface area (Å²) >= 11 is 0. The molecule has 0 aliphatic rings. The number of carbonyl (C=O) groups is 3. The minimum atomic E-state index is -3.94. The molecule has 0 aliphatic heterocycles. The molecule has 1 aromatic rings. The molecule has 0 saturated heterocycles. The van der Waals surface area contributed by atoms with Crippen molar-refractivity contribution < 1.29 is 27.9 Å². The fourth-order valence-corrected chi connectivity index (χ4v) is 3.12. The van der Waals surface area contributed by atoms with E-state index in [0.29, 0.717) is 0 Å². The summed E-state index contributed by atoms with van der Waals surface area (Å²) in [6.45, 7) is 3.09. The molecule has 0 saturated carbocycles. The van der Waals surface area contributed by atoms with Gasteiger partial charge >= 0.3 is 5.97 Å². The first-order valence-corrected chi connectivity index (χ1v) is 8.91. The largest absolute Gasteiger partial charge is 0.480 e. The summed E-state index contributed by atoms with van der Waals surface area (Å²) in [6.07, 6.45) is -0.408. The zero-order valence-electron chi connectivity index (χ0n) is 13.9. The van der Waals surface area contributed by atoms with Crippen LogP contribution < -0.4 is 15.8 Å². The van der Waals surface area contributed by atoms with Gasteiger partial charge in [0, 0.05) is 6.42 Å². The van der Waals surface area contributed by atoms with Gasteiger partial charge in [0.15, 0.2) is 0 Å². The van der Waals surface area contributed by atoms with Crippen LogP contribution in [0.25, 0.3) is 0 Å². The van der Waals surface area contributed by atoms with Gasteiger partial charge < -0.3 is 16.2 Å². The van der Waals surface area contributed by atoms with Crippen LogP contribution in [0.5, 0.6) is 0 Å². The van der Waals surface area contributed by atoms with Gasteiger partial charge in [-0.05, 0) is 32.4 Å². The van der Waals surface area contributed by atoms with Crippen molar-refractivity contribution in [2.24, 2.45) is 5.73 Å². The number of carboxylic acids is 1. The van der Waals surface area contributed by atoms with Crippen molar-refractivity contribution >= 4 is 27.8 Å². The lowest BCUT2D eigenvalue weighted by Crippen LogP contribution is -2.50. The molecule has 1 aromatic carbocycles. The summed E-state index contributed by atoms with van der Waals surface area (Å²) in [6, 6.07) is 3.48. The lowest BCUT2D eigenvalue weighted by atomic mass is 10.1. The smallest absolute Gasteiger partial charge is 0.326 e. The standard InChI is InChI=1S/C15H21N3O6S/c1-9-3-5-11(6-4-9)25(23,24)18-10(2)14(20)17-12(15(21)22)7-8-13(16)19/h3-6,10,12,18H,7-8H2,1-2H3,(H2,16,19)(H,17,20)(H,21,22). The molecule has 2 atom stereocenters. The van der Waals surface area contributed by atoms with E-state index in [-0.39, 0.29) is 17.7 Å². The van der Waals surface area contributed by atoms with Crippen molar-refractivity contribution in [1.29, 1.82) is 0 Å². The first-order chi connectivity index (χ1) is 11.5. The predicted molar refractivity (Wildman–Crippen MR) is 89.0 cm³/mol. The van der Waals surface area contributed by atoms with E-state index in [1.807, 2.05) is 0 Å². The summed E-state index contributed by atoms with van der Waals surface area (Å²) < 4.78 is 26.6. The number of nitrogens with one attached hydrogen (secondary N) is 2. The predicted octanol–water partition coefficient (Wildman–Crippen LogP) is -0.503. The Kier molecular flexibility index (Phi) is 7.07. The highest BCUT2D eigenvalue weighted by molar-refractivity contribution is 7.89. The second-order valence-corrected chi connectivity index (χ2v) is 7.27. The number of hydrogen-bond donors (Lipinski definition) is 4. The molecule has 9 nitrogen and oxygen atoms in total. The Bertz CT molecular complexity index is 745. The molecule has 0 spiro atoms. The SMILES string of the molecule is Cc1ccc(S(=O)(=O)NC(C)C(=O)NC(CCC(N)=O)C(=O)O)cc1. The van der Waals surface area contributed by atoms with Gasteiger partial charge in [-0.15, -0.1) is 0 Å². The third-order valence-electron chi connectivity index (χ3n) is 3.35. The number of aliphatic carboxylic acids is 1. The number of carbonyl (C=O) groups excluding carboxylic acids is 2. The Labute approximate surface area is 145 Å². The molecule has 1 rings (SSSR count). The molecule has 0 aliphatic carbocycles. The molecule has 2 amide bonds. The highest BCUT2D eigenvalue weighted by Gasteiger charge is 2.26. The zero-order chi connectivity index (χ0) is 19.2. The molecular weight excluding hydrogens is 350 g/mol. The number of aryl methyl sites for hydroxylation is 1. The number of hydrogen-bond acceptors (Lipinski definition) is 5. The van der Waals surface area contributed by atoms with E-state index in [0.717, 1.165) is 5.56 Å². The maximum Gasteiger partial charge on any atom is 0.326 e. The molecule has 2 unspecified atom stereocenters. The van der Waals surface area contributed by atoms with E-state index in [1.165, 1.54) is 19.1 Å². The first-order valence-electron chi connectivity index (χ1n) is 7.43. The molecule has 138 valence electrons. The average Bonchev–Trinajstić information content (AvgIpc) is 2.50. The minimum Gasteiger partial charge on any atom is -0.480 e. The molecule has 5 N–H and O–H groups in total. The van der Waals surface area contributed by atoms with E-state index in [2.05, 4.69) is 10.0 Å². The normalized spacial score (nSPS) is 13.7. The zero-order valence-corrected chi connectivity index (χ0v) is 14.7. The summed E-state index contributed by atoms with van der Waals surface area (Å²) in [7, 11) is -3.94. The van der Waals surface area contributed by atoms with Crippen molar-refractivity contribution in [1.82, 2.24) is 10.0 Å². The quantitative estimate of drug-likeness (QED) is 0.458. The molecule has 0 aromatic heterocycles. The number of sulfonamides is 1. The van der Waals surface area contributed by atoms with E-state index >= 15 is 0 Å². The van der Waals surface area contributed by atoms with E-state index in [9.17, 15) is 22.8 Å². The molecule has 25 heavy (non-hydrogen) atoms. The van der Waals surface area contributed by atoms with Crippen LogP contribution in [0.15, 0.2) is 29.2 Å². The van der Waals surface area contributed by atoms with E-state index in [1.54, 1.807) is 19.1 Å². The second-order valence-electron chi connectivity index (χ2n) is 5.56. The Morgan fingerprint density at radius 1 is 1.20 bits per heavy atom. The fraction of sp³-hybridized carbons (Fsp3) is 0.400. The number of carboxylic acid groups (broad SMARTS) is 1. The Morgan fingerprint density at radius 3 is 2.24 bits per heavy atom. The first kappa shape index (κ1) is 20.6. The van der Waals surface area contributed by atoms with Crippen LogP contribution in [0, 0.1) is 6.92 Å². The van der Waals surface area contributed by atoms with Crippen LogP contribution in [0.1, 0.15) is 25.3 Å². The van der Waals surface area contributed by atoms with Gasteiger partial charge in [0.25, 0.3) is 0 Å². The fourth-order valence-electron chi connectivity index (χ4n) is 1.91. The van der Waals surface area contributed by atoms with Gasteiger partial charge in [-0.3, -0.25) is 9.59 Å². The summed E-state index contributed by atoms with van der Waals surface area (Å²) in [5.74, 6) is -2.87. The van der Waals surface area contributed by atoms with Crippen molar-refractivity contribution in [2.75, 3.05) is 0 Å². The molecular formula is C15H21N3O6S. The van der Waals surface area contributed by atoms with Crippen LogP contribution in [-0.4, -0.2) is 43.4 Å². The van der Waals surface area contributed by atoms with Gasteiger partial charge in [0.2, 0.25) is 21.8 Å². The summed E-state index contributed by atoms with van der Waals surface area (Å²) in [4.78, 5) is 33.9. The highest BCUT2D eigenvalue weighted by atomic mass is 32.2. The maximum atomic E-state index is 12.2. The third-order valence-corrected chi connectivity index (χ3v) is 4.91. The van der Waals surface area contributed by atoms with Crippen molar-refractivity contribution in [3.05, 3.63) is 29.8 Å². The monoisotopic (exact) mass is 371 g/mol. The molecule has 0 fully saturated rings. The third kappa shape index (κ3) is 6.51. The number of benzene rings is 1. The van der Waals surface area contributed by atoms with Crippen LogP contribution in [0.4, 0.5) is 0 Å². The Hall–Kier alpha value is -2.46. The van der Waals surface area contributed by atoms with Crippen LogP contribution in [0.2, 0.25) is 0 Å². The van der Waals surface area contributed by atoms with Crippen molar-refractivity contribution in [3.8, 4) is 0 Å². The average molecular weight is 371 g/mol. The second kappa shape index (κ2) is 8.58. The molecule has 0 radical (unpaired) electrons. The van der Waals surface area contributed by atoms with Crippen molar-refractivity contribution in [3.63, 3.8) is 0 Å². The highest BCUT2D eigenvalue weighted by Crippen LogP contribution is 2.10. The number of amides is 2. The van der Waals surface area contributed by atoms with Gasteiger partial charge in [0.05, 0.1) is 10.9 Å². The number of rotatable bonds is 9. The van der Waals surface area contributed by atoms with Crippen LogP contribution in [-0.2, 0) is 24.4 Å². The Morgan fingerprint density at radius 2 is 1.76 bits per heavy atom. The summed E-state index contributed by atoms with van der Waals surface area (Å²) in [5.41, 5.74) is 5.83. The van der Waals surface area contributed by atoms with E-state index in [4.69, 9.17) is 10.8 Å². The lowest BCUT2D eigenvalue weighted by Gasteiger charge is -2.18. The Balaban J connectivity index is 2.75. The molecule has 0 heterocycles. The van der Waals surface area contributed by atoms with Crippen molar-refractivity contribution in [2.45, 2.75) is 43.7 Å². The van der Waals surface area contributed by atoms with Gasteiger partial charge in [-0.1, -0.05) is 17.7 Å².